The molecule has 0 aromatic heterocycles. The number of nitro groups is 1. The van der Waals surface area contributed by atoms with Gasteiger partial charge in [-0.3, -0.25) is 10.1 Å². The van der Waals surface area contributed by atoms with Crippen LogP contribution in [0.3, 0.4) is 0 Å². The lowest BCUT2D eigenvalue weighted by molar-refractivity contribution is -0.384. The van der Waals surface area contributed by atoms with Crippen LogP contribution in [0.1, 0.15) is 18.9 Å². The lowest BCUT2D eigenvalue weighted by Crippen LogP contribution is -2.45. The minimum absolute atomic E-state index is 0.0825. The molecule has 0 bridgehead atoms. The summed E-state index contributed by atoms with van der Waals surface area (Å²) in [4.78, 5) is 14.9. The highest BCUT2D eigenvalue weighted by Gasteiger charge is 2.16. The van der Waals surface area contributed by atoms with Gasteiger partial charge in [0.05, 0.1) is 24.7 Å². The number of benzene rings is 1. The Kier molecular flexibility index (Phi) is 7.62. The molecule has 0 spiro atoms. The molecule has 8 nitrogen and oxygen atoms in total. The lowest BCUT2D eigenvalue weighted by Gasteiger charge is -2.19. The number of non-ortho nitro benzene ring substituents is 1. The van der Waals surface area contributed by atoms with Crippen molar-refractivity contribution < 1.29 is 14.4 Å². The summed E-state index contributed by atoms with van der Waals surface area (Å²) in [6.45, 7) is 5.42. The third-order valence-electron chi connectivity index (χ3n) is 3.95. The normalized spacial score (nSPS) is 18.8. The number of methoxy groups -OCH3 is 1. The number of nitro benzene ring substituents is 1. The predicted octanol–water partition coefficient (Wildman–Crippen LogP) is 1.70. The molecule has 2 unspecified atom stereocenters. The van der Waals surface area contributed by atoms with Gasteiger partial charge >= 0.3 is 0 Å². The van der Waals surface area contributed by atoms with E-state index >= 15 is 0 Å². The molecule has 1 fully saturated rings. The SMILES string of the molecule is COCC(C)NC(=NCc1ccc([N+](=O)[O-])cc1)NCC1CCOC1. The average Bonchev–Trinajstić information content (AvgIpc) is 3.11. The molecule has 0 saturated carbocycles. The molecular formula is C17H26N4O4. The molecule has 1 aromatic carbocycles. The minimum atomic E-state index is -0.405. The zero-order valence-corrected chi connectivity index (χ0v) is 14.7. The molecule has 0 aliphatic carbocycles. The van der Waals surface area contributed by atoms with E-state index in [-0.39, 0.29) is 11.7 Å². The van der Waals surface area contributed by atoms with Crippen molar-refractivity contribution in [1.82, 2.24) is 10.6 Å². The average molecular weight is 350 g/mol. The van der Waals surface area contributed by atoms with E-state index < -0.39 is 4.92 Å². The number of hydrogen-bond donors (Lipinski definition) is 2. The van der Waals surface area contributed by atoms with Gasteiger partial charge in [0.2, 0.25) is 0 Å². The summed E-state index contributed by atoms with van der Waals surface area (Å²) in [5, 5.41) is 17.4. The Morgan fingerprint density at radius 1 is 1.48 bits per heavy atom. The number of ether oxygens (including phenoxy) is 2. The van der Waals surface area contributed by atoms with Gasteiger partial charge in [-0.25, -0.2) is 4.99 Å². The number of guanidine groups is 1. The Morgan fingerprint density at radius 2 is 2.24 bits per heavy atom. The Balaban J connectivity index is 1.95. The van der Waals surface area contributed by atoms with Crippen LogP contribution in [0.25, 0.3) is 0 Å². The molecule has 0 amide bonds. The van der Waals surface area contributed by atoms with Gasteiger partial charge in [-0.15, -0.1) is 0 Å². The smallest absolute Gasteiger partial charge is 0.269 e. The van der Waals surface area contributed by atoms with Gasteiger partial charge in [0.25, 0.3) is 5.69 Å². The van der Waals surface area contributed by atoms with Crippen molar-refractivity contribution in [1.29, 1.82) is 0 Å². The summed E-state index contributed by atoms with van der Waals surface area (Å²) in [5.74, 6) is 1.19. The van der Waals surface area contributed by atoms with Crippen molar-refractivity contribution >= 4 is 11.6 Å². The van der Waals surface area contributed by atoms with Crippen molar-refractivity contribution in [2.24, 2.45) is 10.9 Å². The summed E-state index contributed by atoms with van der Waals surface area (Å²) in [7, 11) is 1.66. The topological polar surface area (TPSA) is 98.0 Å². The standard InChI is InChI=1S/C17H26N4O4/c1-13(11-24-2)20-17(19-10-15-7-8-25-12-15)18-9-14-3-5-16(6-4-14)21(22)23/h3-6,13,15H,7-12H2,1-2H3,(H2,18,19,20). The van der Waals surface area contributed by atoms with Gasteiger partial charge in [0.15, 0.2) is 5.96 Å². The third-order valence-corrected chi connectivity index (χ3v) is 3.95. The number of nitrogens with zero attached hydrogens (tertiary/aromatic N) is 2. The monoisotopic (exact) mass is 350 g/mol. The van der Waals surface area contributed by atoms with Crippen LogP contribution in [0, 0.1) is 16.0 Å². The van der Waals surface area contributed by atoms with Gasteiger partial charge in [-0.1, -0.05) is 12.1 Å². The van der Waals surface area contributed by atoms with Gasteiger partial charge in [0, 0.05) is 44.4 Å². The van der Waals surface area contributed by atoms with Gasteiger partial charge in [-0.05, 0) is 18.9 Å². The van der Waals surface area contributed by atoms with Crippen molar-refractivity contribution in [2.45, 2.75) is 25.9 Å². The molecular weight excluding hydrogens is 324 g/mol. The maximum Gasteiger partial charge on any atom is 0.269 e. The van der Waals surface area contributed by atoms with Crippen molar-refractivity contribution in [3.63, 3.8) is 0 Å². The molecule has 25 heavy (non-hydrogen) atoms. The van der Waals surface area contributed by atoms with Crippen LogP contribution in [0.4, 0.5) is 5.69 Å². The fraction of sp³-hybridized carbons (Fsp3) is 0.588. The Labute approximate surface area is 147 Å². The van der Waals surface area contributed by atoms with Crippen LogP contribution in [-0.2, 0) is 16.0 Å². The molecule has 1 saturated heterocycles. The third kappa shape index (κ3) is 6.67. The predicted molar refractivity (Wildman–Crippen MR) is 95.6 cm³/mol. The quantitative estimate of drug-likeness (QED) is 0.320. The van der Waals surface area contributed by atoms with E-state index in [1.165, 1.54) is 12.1 Å². The number of rotatable bonds is 8. The van der Waals surface area contributed by atoms with E-state index in [9.17, 15) is 10.1 Å². The number of hydrogen-bond acceptors (Lipinski definition) is 5. The molecule has 0 radical (unpaired) electrons. The second kappa shape index (κ2) is 9.95. The molecule has 2 atom stereocenters. The highest BCUT2D eigenvalue weighted by molar-refractivity contribution is 5.80. The van der Waals surface area contributed by atoms with E-state index in [4.69, 9.17) is 9.47 Å². The van der Waals surface area contributed by atoms with Gasteiger partial charge in [-0.2, -0.15) is 0 Å². The fourth-order valence-electron chi connectivity index (χ4n) is 2.56. The maximum atomic E-state index is 10.7. The van der Waals surface area contributed by atoms with Crippen LogP contribution < -0.4 is 10.6 Å². The zero-order valence-electron chi connectivity index (χ0n) is 14.7. The lowest BCUT2D eigenvalue weighted by atomic mass is 10.1. The maximum absolute atomic E-state index is 10.7. The summed E-state index contributed by atoms with van der Waals surface area (Å²) in [5.41, 5.74) is 0.995. The van der Waals surface area contributed by atoms with Crippen LogP contribution in [0.5, 0.6) is 0 Å². The molecule has 8 heteroatoms. The van der Waals surface area contributed by atoms with Crippen LogP contribution in [0.2, 0.25) is 0 Å². The van der Waals surface area contributed by atoms with Crippen molar-refractivity contribution in [2.75, 3.05) is 33.5 Å². The zero-order chi connectivity index (χ0) is 18.1. The molecule has 1 heterocycles. The van der Waals surface area contributed by atoms with Gasteiger partial charge in [0.1, 0.15) is 0 Å². The van der Waals surface area contributed by atoms with Crippen molar-refractivity contribution in [3.05, 3.63) is 39.9 Å². The van der Waals surface area contributed by atoms with Crippen molar-refractivity contribution in [3.8, 4) is 0 Å². The first kappa shape index (κ1) is 19.1. The minimum Gasteiger partial charge on any atom is -0.383 e. The molecule has 1 aliphatic heterocycles. The molecule has 2 N–H and O–H groups in total. The van der Waals surface area contributed by atoms with E-state index in [1.54, 1.807) is 19.2 Å². The van der Waals surface area contributed by atoms with E-state index in [0.29, 0.717) is 25.0 Å². The number of nitrogens with one attached hydrogen (secondary N) is 2. The largest absolute Gasteiger partial charge is 0.383 e. The molecule has 138 valence electrons. The Hall–Kier alpha value is -2.19. The first-order valence-corrected chi connectivity index (χ1v) is 8.43. The van der Waals surface area contributed by atoms with Crippen LogP contribution >= 0.6 is 0 Å². The molecule has 1 aromatic rings. The Morgan fingerprint density at radius 3 is 2.84 bits per heavy atom. The highest BCUT2D eigenvalue weighted by atomic mass is 16.6. The van der Waals surface area contributed by atoms with E-state index in [2.05, 4.69) is 15.6 Å². The summed E-state index contributed by atoms with van der Waals surface area (Å²) < 4.78 is 10.5. The number of aliphatic imine (C=N–C) groups is 1. The summed E-state index contributed by atoms with van der Waals surface area (Å²) in [6, 6.07) is 6.56. The second-order valence-corrected chi connectivity index (χ2v) is 6.20. The first-order chi connectivity index (χ1) is 12.1. The first-order valence-electron chi connectivity index (χ1n) is 8.43. The summed E-state index contributed by atoms with van der Waals surface area (Å²) in [6.07, 6.45) is 1.05. The highest BCUT2D eigenvalue weighted by Crippen LogP contribution is 2.13. The van der Waals surface area contributed by atoms with Crippen LogP contribution in [0.15, 0.2) is 29.3 Å². The fourth-order valence-corrected chi connectivity index (χ4v) is 2.56. The summed E-state index contributed by atoms with van der Waals surface area (Å²) >= 11 is 0. The Bertz CT molecular complexity index is 571. The van der Waals surface area contributed by atoms with E-state index in [1.807, 2.05) is 6.92 Å². The van der Waals surface area contributed by atoms with Gasteiger partial charge < -0.3 is 20.1 Å². The second-order valence-electron chi connectivity index (χ2n) is 6.20. The van der Waals surface area contributed by atoms with Crippen LogP contribution in [-0.4, -0.2) is 50.4 Å². The molecule has 2 rings (SSSR count). The van der Waals surface area contributed by atoms with E-state index in [0.717, 1.165) is 31.7 Å². The molecule has 1 aliphatic rings.